The van der Waals surface area contributed by atoms with Crippen molar-refractivity contribution in [3.8, 4) is 0 Å². The van der Waals surface area contributed by atoms with Gasteiger partial charge in [-0.2, -0.15) is 5.10 Å². The molecule has 1 aliphatic rings. The predicted octanol–water partition coefficient (Wildman–Crippen LogP) is 1.04. The molecular weight excluding hydrogens is 256 g/mol. The Kier molecular flexibility index (Phi) is 5.40. The molecule has 0 aliphatic heterocycles. The van der Waals surface area contributed by atoms with Crippen LogP contribution in [0.4, 0.5) is 4.79 Å². The first-order chi connectivity index (χ1) is 9.65. The van der Waals surface area contributed by atoms with Gasteiger partial charge in [0.05, 0.1) is 12.3 Å². The van der Waals surface area contributed by atoms with Gasteiger partial charge in [-0.1, -0.05) is 6.42 Å². The van der Waals surface area contributed by atoms with E-state index in [4.69, 9.17) is 0 Å². The van der Waals surface area contributed by atoms with Crippen LogP contribution in [0.25, 0.3) is 0 Å². The Morgan fingerprint density at radius 1 is 1.50 bits per heavy atom. The van der Waals surface area contributed by atoms with Crippen LogP contribution in [0.5, 0.6) is 0 Å². The molecule has 3 N–H and O–H groups in total. The minimum atomic E-state index is -0.252. The number of hydrogen-bond acceptors (Lipinski definition) is 3. The van der Waals surface area contributed by atoms with E-state index in [-0.39, 0.29) is 18.1 Å². The van der Waals surface area contributed by atoms with E-state index in [2.05, 4.69) is 15.7 Å². The van der Waals surface area contributed by atoms with Gasteiger partial charge >= 0.3 is 6.03 Å². The normalized spacial score (nSPS) is 21.9. The van der Waals surface area contributed by atoms with Crippen molar-refractivity contribution in [2.75, 3.05) is 13.1 Å². The number of hydrogen-bond donors (Lipinski definition) is 3. The third kappa shape index (κ3) is 4.52. The van der Waals surface area contributed by atoms with E-state index in [1.54, 1.807) is 0 Å². The third-order valence-corrected chi connectivity index (χ3v) is 3.76. The zero-order chi connectivity index (χ0) is 14.4. The van der Waals surface area contributed by atoms with Crippen LogP contribution in [0.1, 0.15) is 31.2 Å². The molecule has 2 rings (SSSR count). The van der Waals surface area contributed by atoms with Gasteiger partial charge in [0.2, 0.25) is 0 Å². The van der Waals surface area contributed by atoms with Crippen LogP contribution in [0.3, 0.4) is 0 Å². The second-order valence-electron chi connectivity index (χ2n) is 5.53. The number of nitrogens with one attached hydrogen (secondary N) is 2. The average molecular weight is 280 g/mol. The zero-order valence-electron chi connectivity index (χ0n) is 12.0. The first-order valence-electron chi connectivity index (χ1n) is 7.34. The molecule has 1 saturated carbocycles. The van der Waals surface area contributed by atoms with Crippen LogP contribution in [0.2, 0.25) is 0 Å². The maximum Gasteiger partial charge on any atom is 0.314 e. The molecule has 0 bridgehead atoms. The van der Waals surface area contributed by atoms with Crippen molar-refractivity contribution in [3.05, 3.63) is 18.0 Å². The number of aryl methyl sites for hydroxylation is 2. The lowest BCUT2D eigenvalue weighted by Gasteiger charge is -2.15. The maximum absolute atomic E-state index is 11.6. The number of nitrogens with zero attached hydrogens (tertiary/aromatic N) is 2. The van der Waals surface area contributed by atoms with Crippen molar-refractivity contribution >= 4 is 6.03 Å². The van der Waals surface area contributed by atoms with E-state index >= 15 is 0 Å². The summed E-state index contributed by atoms with van der Waals surface area (Å²) < 4.78 is 1.88. The molecule has 6 nitrogen and oxygen atoms in total. The van der Waals surface area contributed by atoms with Gasteiger partial charge in [-0.05, 0) is 31.7 Å². The van der Waals surface area contributed by atoms with Crippen molar-refractivity contribution in [2.24, 2.45) is 5.92 Å². The van der Waals surface area contributed by atoms with Crippen LogP contribution in [-0.2, 0) is 6.54 Å². The SMILES string of the molecule is Cc1cnn(CCCNC(=O)NC[C@@H]2CCC[C@@H]2O)c1. The van der Waals surface area contributed by atoms with Crippen molar-refractivity contribution < 1.29 is 9.90 Å². The van der Waals surface area contributed by atoms with Crippen molar-refractivity contribution in [1.82, 2.24) is 20.4 Å². The van der Waals surface area contributed by atoms with E-state index in [0.29, 0.717) is 13.1 Å². The molecule has 1 fully saturated rings. The highest BCUT2D eigenvalue weighted by molar-refractivity contribution is 5.73. The molecule has 0 saturated heterocycles. The van der Waals surface area contributed by atoms with Gasteiger partial charge in [0.1, 0.15) is 0 Å². The number of rotatable bonds is 6. The van der Waals surface area contributed by atoms with E-state index in [9.17, 15) is 9.90 Å². The van der Waals surface area contributed by atoms with Crippen LogP contribution in [0.15, 0.2) is 12.4 Å². The standard InChI is InChI=1S/C14H24N4O2/c1-11-8-17-18(10-11)7-3-6-15-14(20)16-9-12-4-2-5-13(12)19/h8,10,12-13,19H,2-7,9H2,1H3,(H2,15,16,20)/t12-,13-/m0/s1. The average Bonchev–Trinajstić information content (AvgIpc) is 3.01. The van der Waals surface area contributed by atoms with Gasteiger partial charge in [-0.15, -0.1) is 0 Å². The van der Waals surface area contributed by atoms with Crippen LogP contribution < -0.4 is 10.6 Å². The third-order valence-electron chi connectivity index (χ3n) is 3.76. The quantitative estimate of drug-likeness (QED) is 0.681. The molecule has 1 aromatic rings. The molecule has 2 atom stereocenters. The van der Waals surface area contributed by atoms with Gasteiger partial charge in [-0.3, -0.25) is 4.68 Å². The number of aliphatic hydroxyl groups is 1. The number of amides is 2. The highest BCUT2D eigenvalue weighted by Gasteiger charge is 2.25. The van der Waals surface area contributed by atoms with E-state index in [1.807, 2.05) is 24.0 Å². The highest BCUT2D eigenvalue weighted by atomic mass is 16.3. The van der Waals surface area contributed by atoms with Crippen LogP contribution in [0, 0.1) is 12.8 Å². The van der Waals surface area contributed by atoms with Crippen molar-refractivity contribution in [2.45, 2.75) is 45.3 Å². The fourth-order valence-electron chi connectivity index (χ4n) is 2.57. The summed E-state index contributed by atoms with van der Waals surface area (Å²) in [5.41, 5.74) is 1.14. The van der Waals surface area contributed by atoms with Gasteiger partial charge in [-0.25, -0.2) is 4.79 Å². The largest absolute Gasteiger partial charge is 0.393 e. The summed E-state index contributed by atoms with van der Waals surface area (Å²) in [7, 11) is 0. The van der Waals surface area contributed by atoms with Gasteiger partial charge in [0.25, 0.3) is 0 Å². The Balaban J connectivity index is 1.54. The van der Waals surface area contributed by atoms with Crippen LogP contribution >= 0.6 is 0 Å². The number of urea groups is 1. The molecule has 2 amide bonds. The maximum atomic E-state index is 11.6. The van der Waals surface area contributed by atoms with Crippen molar-refractivity contribution in [3.63, 3.8) is 0 Å². The summed E-state index contributed by atoms with van der Waals surface area (Å²) in [6.07, 6.45) is 7.32. The Hall–Kier alpha value is -1.56. The van der Waals surface area contributed by atoms with E-state index in [0.717, 1.165) is 37.8 Å². The second kappa shape index (κ2) is 7.28. The first-order valence-corrected chi connectivity index (χ1v) is 7.34. The van der Waals surface area contributed by atoms with Crippen molar-refractivity contribution in [1.29, 1.82) is 0 Å². The molecule has 0 aromatic carbocycles. The molecule has 0 unspecified atom stereocenters. The Morgan fingerprint density at radius 3 is 3.00 bits per heavy atom. The fourth-order valence-corrected chi connectivity index (χ4v) is 2.57. The lowest BCUT2D eigenvalue weighted by molar-refractivity contribution is 0.132. The lowest BCUT2D eigenvalue weighted by Crippen LogP contribution is -2.40. The molecule has 20 heavy (non-hydrogen) atoms. The number of aliphatic hydroxyl groups excluding tert-OH is 1. The molecule has 1 aliphatic carbocycles. The smallest absolute Gasteiger partial charge is 0.314 e. The number of carbonyl (C=O) groups excluding carboxylic acids is 1. The zero-order valence-corrected chi connectivity index (χ0v) is 12.0. The van der Waals surface area contributed by atoms with E-state index in [1.165, 1.54) is 0 Å². The van der Waals surface area contributed by atoms with Gasteiger partial charge in [0, 0.05) is 31.7 Å². The highest BCUT2D eigenvalue weighted by Crippen LogP contribution is 2.24. The summed E-state index contributed by atoms with van der Waals surface area (Å²) in [6, 6.07) is -0.152. The molecule has 1 aromatic heterocycles. The lowest BCUT2D eigenvalue weighted by atomic mass is 10.1. The summed E-state index contributed by atoms with van der Waals surface area (Å²) in [5, 5.41) is 19.5. The molecular formula is C14H24N4O2. The minimum absolute atomic E-state index is 0.152. The molecule has 0 radical (unpaired) electrons. The number of carbonyl (C=O) groups is 1. The Labute approximate surface area is 119 Å². The minimum Gasteiger partial charge on any atom is -0.393 e. The second-order valence-corrected chi connectivity index (χ2v) is 5.53. The van der Waals surface area contributed by atoms with Gasteiger partial charge in [0.15, 0.2) is 0 Å². The molecule has 1 heterocycles. The summed E-state index contributed by atoms with van der Waals surface area (Å²) in [5.74, 6) is 0.216. The molecule has 112 valence electrons. The first kappa shape index (κ1) is 14.8. The Bertz CT molecular complexity index is 433. The predicted molar refractivity (Wildman–Crippen MR) is 76.3 cm³/mol. The van der Waals surface area contributed by atoms with Gasteiger partial charge < -0.3 is 15.7 Å². The summed E-state index contributed by atoms with van der Waals surface area (Å²) in [6.45, 7) is 3.99. The fraction of sp³-hybridized carbons (Fsp3) is 0.714. The monoisotopic (exact) mass is 280 g/mol. The Morgan fingerprint density at radius 2 is 2.35 bits per heavy atom. The topological polar surface area (TPSA) is 79.2 Å². The summed E-state index contributed by atoms with van der Waals surface area (Å²) >= 11 is 0. The number of aromatic nitrogens is 2. The summed E-state index contributed by atoms with van der Waals surface area (Å²) in [4.78, 5) is 11.6. The molecule has 6 heteroatoms. The van der Waals surface area contributed by atoms with Crippen LogP contribution in [-0.4, -0.2) is 40.1 Å². The molecule has 0 spiro atoms. The van der Waals surface area contributed by atoms with E-state index < -0.39 is 0 Å².